The number of oxazole rings is 1. The number of ether oxygens (including phenoxy) is 1. The van der Waals surface area contributed by atoms with Crippen LogP contribution in [0.3, 0.4) is 0 Å². The molecule has 0 aliphatic heterocycles. The predicted molar refractivity (Wildman–Crippen MR) is 105 cm³/mol. The average Bonchev–Trinajstić information content (AvgIpc) is 3.38. The molecule has 1 N–H and O–H groups in total. The number of rotatable bonds is 8. The van der Waals surface area contributed by atoms with Crippen molar-refractivity contribution in [1.82, 2.24) is 20.0 Å². The highest BCUT2D eigenvalue weighted by Crippen LogP contribution is 2.22. The van der Waals surface area contributed by atoms with E-state index in [-0.39, 0.29) is 12.5 Å². The van der Waals surface area contributed by atoms with E-state index < -0.39 is 12.0 Å². The SMILES string of the molecule is COC(C#CCC(C(=O)O)n1nccn1)CCc1nc(-c2ccccc2)oc1C. The Hall–Kier alpha value is -3.44. The van der Waals surface area contributed by atoms with Crippen molar-refractivity contribution in [2.45, 2.75) is 38.3 Å². The van der Waals surface area contributed by atoms with Gasteiger partial charge < -0.3 is 14.3 Å². The molecule has 29 heavy (non-hydrogen) atoms. The summed E-state index contributed by atoms with van der Waals surface area (Å²) in [5, 5.41) is 17.1. The van der Waals surface area contributed by atoms with Crippen LogP contribution in [0.4, 0.5) is 0 Å². The van der Waals surface area contributed by atoms with E-state index in [1.54, 1.807) is 7.11 Å². The van der Waals surface area contributed by atoms with Crippen molar-refractivity contribution in [3.8, 4) is 23.3 Å². The number of methoxy groups -OCH3 is 1. The van der Waals surface area contributed by atoms with Crippen molar-refractivity contribution in [2.75, 3.05) is 7.11 Å². The van der Waals surface area contributed by atoms with Gasteiger partial charge in [-0.2, -0.15) is 15.0 Å². The summed E-state index contributed by atoms with van der Waals surface area (Å²) in [7, 11) is 1.58. The summed E-state index contributed by atoms with van der Waals surface area (Å²) in [6.45, 7) is 1.89. The molecule has 0 aliphatic rings. The zero-order valence-electron chi connectivity index (χ0n) is 16.3. The van der Waals surface area contributed by atoms with E-state index in [9.17, 15) is 9.90 Å². The molecule has 0 saturated carbocycles. The fourth-order valence-corrected chi connectivity index (χ4v) is 2.81. The predicted octanol–water partition coefficient (Wildman–Crippen LogP) is 2.91. The summed E-state index contributed by atoms with van der Waals surface area (Å²) in [6.07, 6.45) is 3.87. The second-order valence-electron chi connectivity index (χ2n) is 6.38. The number of carboxylic acid groups (broad SMARTS) is 1. The van der Waals surface area contributed by atoms with E-state index in [1.165, 1.54) is 12.4 Å². The Bertz CT molecular complexity index is 987. The number of aryl methyl sites for hydroxylation is 2. The summed E-state index contributed by atoms with van der Waals surface area (Å²) in [5.41, 5.74) is 1.79. The molecule has 150 valence electrons. The minimum absolute atomic E-state index is 0.0883. The summed E-state index contributed by atoms with van der Waals surface area (Å²) in [5.74, 6) is 6.20. The first kappa shape index (κ1) is 20.3. The Labute approximate surface area is 168 Å². The van der Waals surface area contributed by atoms with Gasteiger partial charge in [-0.3, -0.25) is 0 Å². The Morgan fingerprint density at radius 1 is 1.28 bits per heavy atom. The molecular formula is C21H22N4O4. The number of hydrogen-bond donors (Lipinski definition) is 1. The highest BCUT2D eigenvalue weighted by atomic mass is 16.5. The highest BCUT2D eigenvalue weighted by molar-refractivity contribution is 5.71. The molecule has 8 heteroatoms. The Balaban J connectivity index is 1.61. The summed E-state index contributed by atoms with van der Waals surface area (Å²) >= 11 is 0. The van der Waals surface area contributed by atoms with Crippen LogP contribution in [0.5, 0.6) is 0 Å². The Morgan fingerprint density at radius 2 is 2.00 bits per heavy atom. The van der Waals surface area contributed by atoms with E-state index in [4.69, 9.17) is 9.15 Å². The molecule has 0 bridgehead atoms. The standard InChI is InChI=1S/C21H22N4O4/c1-15-18(24-20(29-15)16-7-4-3-5-8-16)12-11-17(28-2)9-6-10-19(21(26)27)25-22-13-14-23-25/h3-5,7-8,13-14,17,19H,10-12H2,1-2H3,(H,26,27). The maximum absolute atomic E-state index is 11.4. The Kier molecular flexibility index (Phi) is 6.76. The van der Waals surface area contributed by atoms with Crippen LogP contribution >= 0.6 is 0 Å². The summed E-state index contributed by atoms with van der Waals surface area (Å²) in [6, 6.07) is 8.79. The highest BCUT2D eigenvalue weighted by Gasteiger charge is 2.20. The topological polar surface area (TPSA) is 103 Å². The molecule has 3 aromatic rings. The third kappa shape index (κ3) is 5.30. The second-order valence-corrected chi connectivity index (χ2v) is 6.38. The molecule has 2 atom stereocenters. The minimum Gasteiger partial charge on any atom is -0.480 e. The van der Waals surface area contributed by atoms with Crippen LogP contribution in [0.1, 0.15) is 30.3 Å². The van der Waals surface area contributed by atoms with Gasteiger partial charge in [0.1, 0.15) is 11.9 Å². The second kappa shape index (κ2) is 9.66. The number of benzene rings is 1. The summed E-state index contributed by atoms with van der Waals surface area (Å²) < 4.78 is 11.2. The third-order valence-electron chi connectivity index (χ3n) is 4.40. The summed E-state index contributed by atoms with van der Waals surface area (Å²) in [4.78, 5) is 17.1. The van der Waals surface area contributed by atoms with Crippen LogP contribution in [-0.2, 0) is 16.0 Å². The molecular weight excluding hydrogens is 372 g/mol. The van der Waals surface area contributed by atoms with E-state index in [0.29, 0.717) is 18.7 Å². The molecule has 0 spiro atoms. The van der Waals surface area contributed by atoms with E-state index in [1.807, 2.05) is 37.3 Å². The van der Waals surface area contributed by atoms with Crippen LogP contribution in [0, 0.1) is 18.8 Å². The molecule has 8 nitrogen and oxygen atoms in total. The van der Waals surface area contributed by atoms with Crippen LogP contribution in [0.2, 0.25) is 0 Å². The van der Waals surface area contributed by atoms with Crippen molar-refractivity contribution < 1.29 is 19.1 Å². The number of hydrogen-bond acceptors (Lipinski definition) is 6. The number of aliphatic carboxylic acids is 1. The quantitative estimate of drug-likeness (QED) is 0.586. The lowest BCUT2D eigenvalue weighted by Gasteiger charge is -2.09. The molecule has 2 unspecified atom stereocenters. The van der Waals surface area contributed by atoms with Crippen LogP contribution in [0.25, 0.3) is 11.5 Å². The maximum atomic E-state index is 11.4. The number of carboxylic acids is 1. The van der Waals surface area contributed by atoms with Gasteiger partial charge in [0.25, 0.3) is 0 Å². The van der Waals surface area contributed by atoms with Gasteiger partial charge >= 0.3 is 5.97 Å². The first-order valence-electron chi connectivity index (χ1n) is 9.20. The van der Waals surface area contributed by atoms with Gasteiger partial charge in [-0.05, 0) is 31.9 Å². The van der Waals surface area contributed by atoms with Gasteiger partial charge in [0.2, 0.25) is 5.89 Å². The number of carbonyl (C=O) groups is 1. The average molecular weight is 394 g/mol. The van der Waals surface area contributed by atoms with Crippen molar-refractivity contribution in [3.63, 3.8) is 0 Å². The first-order chi connectivity index (χ1) is 14.1. The minimum atomic E-state index is -1.03. The third-order valence-corrected chi connectivity index (χ3v) is 4.40. The monoisotopic (exact) mass is 394 g/mol. The number of nitrogens with zero attached hydrogens (tertiary/aromatic N) is 4. The van der Waals surface area contributed by atoms with Gasteiger partial charge in [-0.15, -0.1) is 0 Å². The lowest BCUT2D eigenvalue weighted by atomic mass is 10.1. The van der Waals surface area contributed by atoms with Crippen molar-refractivity contribution >= 4 is 5.97 Å². The van der Waals surface area contributed by atoms with Crippen LogP contribution in [-0.4, -0.2) is 44.3 Å². The first-order valence-corrected chi connectivity index (χ1v) is 9.20. The van der Waals surface area contributed by atoms with Crippen molar-refractivity contribution in [3.05, 3.63) is 54.2 Å². The van der Waals surface area contributed by atoms with E-state index >= 15 is 0 Å². The van der Waals surface area contributed by atoms with Crippen molar-refractivity contribution in [2.24, 2.45) is 0 Å². The van der Waals surface area contributed by atoms with Gasteiger partial charge in [-0.1, -0.05) is 30.0 Å². The normalized spacial score (nSPS) is 12.8. The zero-order chi connectivity index (χ0) is 20.6. The smallest absolute Gasteiger partial charge is 0.331 e. The molecule has 2 aromatic heterocycles. The van der Waals surface area contributed by atoms with Gasteiger partial charge in [0.15, 0.2) is 6.04 Å². The van der Waals surface area contributed by atoms with E-state index in [0.717, 1.165) is 21.8 Å². The fraction of sp³-hybridized carbons (Fsp3) is 0.333. The molecule has 0 fully saturated rings. The fourth-order valence-electron chi connectivity index (χ4n) is 2.81. The molecule has 3 rings (SSSR count). The Morgan fingerprint density at radius 3 is 2.66 bits per heavy atom. The van der Waals surface area contributed by atoms with Gasteiger partial charge in [0, 0.05) is 19.1 Å². The molecule has 0 aliphatic carbocycles. The largest absolute Gasteiger partial charge is 0.480 e. The molecule has 1 aromatic carbocycles. The van der Waals surface area contributed by atoms with Crippen molar-refractivity contribution in [1.29, 1.82) is 0 Å². The molecule has 0 amide bonds. The number of aromatic nitrogens is 4. The van der Waals surface area contributed by atoms with Crippen LogP contribution < -0.4 is 0 Å². The molecule has 0 radical (unpaired) electrons. The zero-order valence-corrected chi connectivity index (χ0v) is 16.3. The van der Waals surface area contributed by atoms with Gasteiger partial charge in [-0.25, -0.2) is 9.78 Å². The molecule has 0 saturated heterocycles. The van der Waals surface area contributed by atoms with Crippen LogP contribution in [0.15, 0.2) is 47.1 Å². The lowest BCUT2D eigenvalue weighted by molar-refractivity contribution is -0.141. The van der Waals surface area contributed by atoms with Gasteiger partial charge in [0.05, 0.1) is 18.1 Å². The van der Waals surface area contributed by atoms with E-state index in [2.05, 4.69) is 27.0 Å². The molecule has 2 heterocycles. The maximum Gasteiger partial charge on any atom is 0.331 e. The lowest BCUT2D eigenvalue weighted by Crippen LogP contribution is -2.21.